The van der Waals surface area contributed by atoms with E-state index in [0.29, 0.717) is 21.6 Å². The summed E-state index contributed by atoms with van der Waals surface area (Å²) in [6, 6.07) is 11.2. The molecule has 0 saturated carbocycles. The molecule has 5 heterocycles. The van der Waals surface area contributed by atoms with E-state index in [0.717, 1.165) is 27.9 Å². The molecule has 14 heteroatoms. The number of hydrogen-bond donors (Lipinski definition) is 1. The number of thiophene rings is 1. The first-order valence-electron chi connectivity index (χ1n) is 10.3. The van der Waals surface area contributed by atoms with E-state index in [4.69, 9.17) is 23.2 Å². The molecular weight excluding hydrogens is 563 g/mol. The van der Waals surface area contributed by atoms with Crippen molar-refractivity contribution in [2.45, 2.75) is 13.1 Å². The maximum Gasteiger partial charge on any atom is 0.299 e. The largest absolute Gasteiger partial charge is 0.365 e. The highest BCUT2D eigenvalue weighted by atomic mass is 35.5. The van der Waals surface area contributed by atoms with Crippen molar-refractivity contribution in [3.63, 3.8) is 0 Å². The summed E-state index contributed by atoms with van der Waals surface area (Å²) in [7, 11) is 0. The summed E-state index contributed by atoms with van der Waals surface area (Å²) in [5.41, 5.74) is 0.239. The van der Waals surface area contributed by atoms with Crippen LogP contribution < -0.4 is 10.9 Å². The van der Waals surface area contributed by atoms with E-state index in [2.05, 4.69) is 19.2 Å². The number of aromatic nitrogens is 5. The first-order chi connectivity index (χ1) is 17.4. The van der Waals surface area contributed by atoms with Gasteiger partial charge in [0.1, 0.15) is 17.2 Å². The van der Waals surface area contributed by atoms with Gasteiger partial charge in [0.15, 0.2) is 5.78 Å². The highest BCUT2D eigenvalue weighted by molar-refractivity contribution is 7.16. The van der Waals surface area contributed by atoms with Crippen molar-refractivity contribution in [3.8, 4) is 11.4 Å². The van der Waals surface area contributed by atoms with Gasteiger partial charge < -0.3 is 5.32 Å². The molecular formula is C22H14Cl2N6O3S3. The molecule has 0 aliphatic carbocycles. The highest BCUT2D eigenvalue weighted by Crippen LogP contribution is 2.30. The Balaban J connectivity index is 1.57. The molecule has 182 valence electrons. The van der Waals surface area contributed by atoms with Gasteiger partial charge in [0.05, 0.1) is 33.0 Å². The van der Waals surface area contributed by atoms with E-state index in [1.54, 1.807) is 29.6 Å². The van der Waals surface area contributed by atoms with Crippen LogP contribution in [-0.2, 0) is 13.1 Å². The van der Waals surface area contributed by atoms with Crippen molar-refractivity contribution >= 4 is 75.1 Å². The fourth-order valence-corrected chi connectivity index (χ4v) is 5.70. The van der Waals surface area contributed by atoms with E-state index in [9.17, 15) is 14.4 Å². The number of Topliss-reactive ketones (excluding diaryl/α,β-unsaturated/α-hetero) is 1. The average Bonchev–Trinajstić information content (AvgIpc) is 3.67. The first-order valence-corrected chi connectivity index (χ1v) is 13.5. The Morgan fingerprint density at radius 3 is 2.64 bits per heavy atom. The normalized spacial score (nSPS) is 11.1. The maximum atomic E-state index is 13.2. The number of halogens is 2. The van der Waals surface area contributed by atoms with E-state index in [1.807, 2.05) is 6.07 Å². The maximum absolute atomic E-state index is 13.2. The molecule has 0 spiro atoms. The van der Waals surface area contributed by atoms with Crippen LogP contribution in [0.2, 0.25) is 9.36 Å². The van der Waals surface area contributed by atoms with Crippen LogP contribution in [0, 0.1) is 0 Å². The van der Waals surface area contributed by atoms with Gasteiger partial charge in [0, 0.05) is 28.6 Å². The van der Waals surface area contributed by atoms with Gasteiger partial charge in [0.2, 0.25) is 0 Å². The van der Waals surface area contributed by atoms with Crippen LogP contribution in [0.3, 0.4) is 0 Å². The molecule has 0 saturated heterocycles. The van der Waals surface area contributed by atoms with Crippen LogP contribution in [0.25, 0.3) is 11.4 Å². The summed E-state index contributed by atoms with van der Waals surface area (Å²) < 4.78 is 11.1. The van der Waals surface area contributed by atoms with Crippen LogP contribution in [0.1, 0.15) is 25.0 Å². The second-order valence-electron chi connectivity index (χ2n) is 7.33. The van der Waals surface area contributed by atoms with Crippen LogP contribution >= 0.6 is 57.6 Å². The number of carbonyl (C=O) groups excluding carboxylic acids is 2. The zero-order chi connectivity index (χ0) is 25.2. The summed E-state index contributed by atoms with van der Waals surface area (Å²) in [4.78, 5) is 40.1. The minimum atomic E-state index is -0.462. The van der Waals surface area contributed by atoms with Crippen molar-refractivity contribution in [1.29, 1.82) is 0 Å². The number of pyridine rings is 1. The number of hydrogen-bond acceptors (Lipinski definition) is 10. The Morgan fingerprint density at radius 1 is 1.08 bits per heavy atom. The third-order valence-electron chi connectivity index (χ3n) is 5.02. The van der Waals surface area contributed by atoms with E-state index >= 15 is 0 Å². The van der Waals surface area contributed by atoms with Gasteiger partial charge in [0.25, 0.3) is 11.5 Å². The zero-order valence-corrected chi connectivity index (χ0v) is 22.0. The fraction of sp³-hybridized carbons (Fsp3) is 0.0909. The van der Waals surface area contributed by atoms with E-state index in [-0.39, 0.29) is 34.4 Å². The van der Waals surface area contributed by atoms with Crippen molar-refractivity contribution in [1.82, 2.24) is 23.1 Å². The Bertz CT molecular complexity index is 1610. The lowest BCUT2D eigenvalue weighted by Crippen LogP contribution is -2.25. The molecule has 0 fully saturated rings. The lowest BCUT2D eigenvalue weighted by Gasteiger charge is -2.11. The summed E-state index contributed by atoms with van der Waals surface area (Å²) in [6.07, 6.45) is 1.52. The lowest BCUT2D eigenvalue weighted by atomic mass is 10.2. The number of anilines is 1. The molecule has 0 radical (unpaired) electrons. The number of nitrogens with one attached hydrogen (secondary N) is 1. The molecule has 5 aromatic rings. The van der Waals surface area contributed by atoms with Crippen LogP contribution in [0.5, 0.6) is 0 Å². The molecule has 1 N–H and O–H groups in total. The number of ketones is 1. The molecule has 0 unspecified atom stereocenters. The second kappa shape index (κ2) is 10.4. The zero-order valence-electron chi connectivity index (χ0n) is 18.1. The molecule has 5 aromatic heterocycles. The van der Waals surface area contributed by atoms with Crippen LogP contribution in [0.4, 0.5) is 5.82 Å². The Morgan fingerprint density at radius 2 is 1.94 bits per heavy atom. The molecule has 0 aromatic carbocycles. The number of carbonyl (C=O) groups is 2. The Kier molecular flexibility index (Phi) is 7.12. The topological polar surface area (TPSA) is 112 Å². The minimum Gasteiger partial charge on any atom is -0.365 e. The van der Waals surface area contributed by atoms with Gasteiger partial charge >= 0.3 is 0 Å². The fourth-order valence-electron chi connectivity index (χ4n) is 3.38. The summed E-state index contributed by atoms with van der Waals surface area (Å²) in [5.74, 6) is -0.398. The van der Waals surface area contributed by atoms with Gasteiger partial charge in [-0.3, -0.25) is 19.0 Å². The molecule has 9 nitrogen and oxygen atoms in total. The van der Waals surface area contributed by atoms with E-state index < -0.39 is 11.5 Å². The van der Waals surface area contributed by atoms with Crippen molar-refractivity contribution in [3.05, 3.63) is 89.2 Å². The summed E-state index contributed by atoms with van der Waals surface area (Å²) in [5, 5.41) is 9.56. The first kappa shape index (κ1) is 24.5. The van der Waals surface area contributed by atoms with Gasteiger partial charge in [-0.15, -0.1) is 11.3 Å². The van der Waals surface area contributed by atoms with Gasteiger partial charge in [-0.05, 0) is 53.4 Å². The molecule has 0 bridgehead atoms. The Hall–Kier alpha value is -3.16. The van der Waals surface area contributed by atoms with Gasteiger partial charge in [-0.1, -0.05) is 23.2 Å². The molecule has 0 atom stereocenters. The predicted molar refractivity (Wildman–Crippen MR) is 142 cm³/mol. The van der Waals surface area contributed by atoms with E-state index in [1.165, 1.54) is 38.9 Å². The van der Waals surface area contributed by atoms with Gasteiger partial charge in [-0.25, -0.2) is 4.37 Å². The molecule has 5 rings (SSSR count). The van der Waals surface area contributed by atoms with Crippen LogP contribution in [-0.4, -0.2) is 34.8 Å². The summed E-state index contributed by atoms with van der Waals surface area (Å²) in [6.45, 7) is 0.117. The van der Waals surface area contributed by atoms with Crippen molar-refractivity contribution < 1.29 is 9.59 Å². The number of nitrogens with zero attached hydrogens (tertiary/aromatic N) is 5. The quantitative estimate of drug-likeness (QED) is 0.253. The standard InChI is InChI=1S/C22H14Cl2N6O3S3/c23-13-2-4-20(32)29(11-16(31)17-5-7-26-36-17)21(13)15-9-19(25-10-12-1-3-18(24)35-12)30(27-15)22(33)14-6-8-34-28-14/h1-9,25H,10-11H2. The second-order valence-corrected chi connectivity index (χ2v) is 11.0. The van der Waals surface area contributed by atoms with Gasteiger partial charge in [-0.2, -0.15) is 14.2 Å². The Labute approximate surface area is 225 Å². The highest BCUT2D eigenvalue weighted by Gasteiger charge is 2.23. The van der Waals surface area contributed by atoms with Crippen molar-refractivity contribution in [2.24, 2.45) is 0 Å². The minimum absolute atomic E-state index is 0.203. The van der Waals surface area contributed by atoms with Crippen LogP contribution in [0.15, 0.2) is 58.8 Å². The smallest absolute Gasteiger partial charge is 0.299 e. The molecule has 0 amide bonds. The average molecular weight is 578 g/mol. The van der Waals surface area contributed by atoms with Crippen molar-refractivity contribution in [2.75, 3.05) is 5.32 Å². The third kappa shape index (κ3) is 5.04. The predicted octanol–water partition coefficient (Wildman–Crippen LogP) is 5.18. The lowest BCUT2D eigenvalue weighted by molar-refractivity contribution is 0.0941. The molecule has 0 aliphatic rings. The molecule has 0 aliphatic heterocycles. The molecule has 36 heavy (non-hydrogen) atoms. The third-order valence-corrected chi connectivity index (χ3v) is 7.91. The monoisotopic (exact) mass is 576 g/mol. The summed E-state index contributed by atoms with van der Waals surface area (Å²) >= 11 is 16.1. The number of rotatable bonds is 8. The SMILES string of the molecule is O=C(Cn1c(-c2cc(NCc3ccc(Cl)s3)n(C(=O)c3ccsn3)n2)c(Cl)ccc1=O)c1ccns1.